The van der Waals surface area contributed by atoms with Gasteiger partial charge in [0.05, 0.1) is 18.8 Å². The van der Waals surface area contributed by atoms with Crippen molar-refractivity contribution >= 4 is 5.78 Å². The molecule has 34 heavy (non-hydrogen) atoms. The molecular weight excluding hydrogens is 436 g/mol. The first-order chi connectivity index (χ1) is 16.6. The summed E-state index contributed by atoms with van der Waals surface area (Å²) in [5, 5.41) is 0. The van der Waals surface area contributed by atoms with E-state index in [1.165, 1.54) is 18.2 Å². The molecule has 6 heteroatoms. The average Bonchev–Trinajstić information content (AvgIpc) is 2.86. The van der Waals surface area contributed by atoms with E-state index in [4.69, 9.17) is 9.47 Å². The molecule has 0 spiro atoms. The third-order valence-corrected chi connectivity index (χ3v) is 6.03. The fourth-order valence-electron chi connectivity index (χ4n) is 4.06. The highest BCUT2D eigenvalue weighted by atomic mass is 19.1. The van der Waals surface area contributed by atoms with Crippen LogP contribution in [0.15, 0.2) is 66.7 Å². The molecule has 1 fully saturated rings. The first-order valence-electron chi connectivity index (χ1n) is 11.7. The van der Waals surface area contributed by atoms with Crippen molar-refractivity contribution < 1.29 is 23.0 Å². The molecular formula is C28H29F2NO3. The van der Waals surface area contributed by atoms with E-state index in [0.717, 1.165) is 44.0 Å². The summed E-state index contributed by atoms with van der Waals surface area (Å²) in [7, 11) is 0. The number of morpholine rings is 1. The van der Waals surface area contributed by atoms with Crippen LogP contribution in [-0.2, 0) is 11.2 Å². The maximum atomic E-state index is 14.7. The highest BCUT2D eigenvalue weighted by Gasteiger charge is 2.12. The zero-order valence-electron chi connectivity index (χ0n) is 19.1. The van der Waals surface area contributed by atoms with Gasteiger partial charge in [-0.2, -0.15) is 0 Å². The number of halogens is 2. The fourth-order valence-corrected chi connectivity index (χ4v) is 4.06. The number of hydrogen-bond acceptors (Lipinski definition) is 4. The number of hydrogen-bond donors (Lipinski definition) is 0. The number of aryl methyl sites for hydroxylation is 1. The molecule has 0 radical (unpaired) electrons. The molecule has 4 rings (SSSR count). The van der Waals surface area contributed by atoms with Crippen molar-refractivity contribution in [2.45, 2.75) is 19.3 Å². The van der Waals surface area contributed by atoms with Gasteiger partial charge in [-0.1, -0.05) is 36.4 Å². The lowest BCUT2D eigenvalue weighted by Crippen LogP contribution is -2.38. The minimum atomic E-state index is -0.479. The van der Waals surface area contributed by atoms with Gasteiger partial charge >= 0.3 is 0 Å². The molecule has 1 aliphatic rings. The fraction of sp³-hybridized carbons (Fsp3) is 0.321. The van der Waals surface area contributed by atoms with Gasteiger partial charge in [0.25, 0.3) is 0 Å². The number of ketones is 1. The Labute approximate surface area is 199 Å². The van der Waals surface area contributed by atoms with E-state index in [1.807, 2.05) is 24.3 Å². The quantitative estimate of drug-likeness (QED) is 0.368. The van der Waals surface area contributed by atoms with E-state index >= 15 is 0 Å². The molecule has 0 N–H and O–H groups in total. The third kappa shape index (κ3) is 6.49. The predicted molar refractivity (Wildman–Crippen MR) is 128 cm³/mol. The summed E-state index contributed by atoms with van der Waals surface area (Å²) in [5.41, 5.74) is 2.49. The molecule has 0 amide bonds. The van der Waals surface area contributed by atoms with Crippen LogP contribution in [-0.4, -0.2) is 50.1 Å². The van der Waals surface area contributed by atoms with E-state index in [0.29, 0.717) is 30.8 Å². The lowest BCUT2D eigenvalue weighted by atomic mass is 9.99. The second-order valence-electron chi connectivity index (χ2n) is 8.40. The largest absolute Gasteiger partial charge is 0.492 e. The number of nitrogens with zero attached hydrogens (tertiary/aromatic N) is 1. The van der Waals surface area contributed by atoms with E-state index in [2.05, 4.69) is 4.90 Å². The van der Waals surface area contributed by atoms with Crippen LogP contribution < -0.4 is 4.74 Å². The van der Waals surface area contributed by atoms with E-state index in [1.54, 1.807) is 24.3 Å². The monoisotopic (exact) mass is 465 g/mol. The number of carbonyl (C=O) groups excluding carboxylic acids is 1. The molecule has 0 aromatic heterocycles. The molecule has 178 valence electrons. The summed E-state index contributed by atoms with van der Waals surface area (Å²) in [6.07, 6.45) is 1.60. The van der Waals surface area contributed by atoms with Crippen LogP contribution in [0.1, 0.15) is 28.8 Å². The van der Waals surface area contributed by atoms with Gasteiger partial charge in [-0.3, -0.25) is 9.69 Å². The number of rotatable bonds is 10. The molecule has 1 heterocycles. The molecule has 0 saturated carbocycles. The molecule has 1 aliphatic heterocycles. The van der Waals surface area contributed by atoms with Crippen molar-refractivity contribution in [2.24, 2.45) is 0 Å². The van der Waals surface area contributed by atoms with E-state index in [-0.39, 0.29) is 23.6 Å². The smallest absolute Gasteiger partial charge is 0.165 e. The topological polar surface area (TPSA) is 38.8 Å². The number of carbonyl (C=O) groups is 1. The molecule has 3 aromatic rings. The van der Waals surface area contributed by atoms with Crippen molar-refractivity contribution in [2.75, 3.05) is 39.5 Å². The zero-order valence-corrected chi connectivity index (χ0v) is 19.1. The van der Waals surface area contributed by atoms with Crippen LogP contribution in [0.25, 0.3) is 11.1 Å². The SMILES string of the molecule is O=C(CCCc1ccc(-c2ccc(OCCN3CCOCC3)cc2F)cc1)c1ccccc1F. The van der Waals surface area contributed by atoms with Gasteiger partial charge in [-0.05, 0) is 48.2 Å². The Kier molecular flexibility index (Phi) is 8.39. The summed E-state index contributed by atoms with van der Waals surface area (Å²) < 4.78 is 39.5. The van der Waals surface area contributed by atoms with Gasteiger partial charge in [0.15, 0.2) is 5.78 Å². The number of Topliss-reactive ketones (excluding diaryl/α,β-unsaturated/α-hetero) is 1. The summed E-state index contributed by atoms with van der Waals surface area (Å²) >= 11 is 0. The van der Waals surface area contributed by atoms with Gasteiger partial charge in [0, 0.05) is 37.7 Å². The minimum Gasteiger partial charge on any atom is -0.492 e. The first kappa shape index (κ1) is 24.0. The average molecular weight is 466 g/mol. The van der Waals surface area contributed by atoms with Gasteiger partial charge in [0.2, 0.25) is 0 Å². The zero-order chi connectivity index (χ0) is 23.8. The van der Waals surface area contributed by atoms with Crippen LogP contribution >= 0.6 is 0 Å². The van der Waals surface area contributed by atoms with Crippen LogP contribution in [0.5, 0.6) is 5.75 Å². The molecule has 0 unspecified atom stereocenters. The molecule has 0 bridgehead atoms. The Morgan fingerprint density at radius 2 is 1.71 bits per heavy atom. The number of benzene rings is 3. The molecule has 1 saturated heterocycles. The van der Waals surface area contributed by atoms with Gasteiger partial charge in [-0.25, -0.2) is 8.78 Å². The molecule has 0 atom stereocenters. The second-order valence-corrected chi connectivity index (χ2v) is 8.40. The Morgan fingerprint density at radius 1 is 0.941 bits per heavy atom. The molecule has 4 nitrogen and oxygen atoms in total. The van der Waals surface area contributed by atoms with Crippen molar-refractivity contribution in [3.8, 4) is 16.9 Å². The van der Waals surface area contributed by atoms with Crippen molar-refractivity contribution in [1.82, 2.24) is 4.90 Å². The van der Waals surface area contributed by atoms with Crippen LogP contribution in [0, 0.1) is 11.6 Å². The maximum absolute atomic E-state index is 14.7. The standard InChI is InChI=1S/C28H29F2NO3/c29-26-6-2-1-5-25(26)28(32)7-3-4-21-8-10-22(11-9-21)24-13-12-23(20-27(24)30)34-19-16-31-14-17-33-18-15-31/h1-2,5-6,8-13,20H,3-4,7,14-19H2. The summed E-state index contributed by atoms with van der Waals surface area (Å²) in [6, 6.07) is 18.7. The van der Waals surface area contributed by atoms with Crippen LogP contribution in [0.2, 0.25) is 0 Å². The second kappa shape index (κ2) is 11.9. The minimum absolute atomic E-state index is 0.141. The van der Waals surface area contributed by atoms with E-state index in [9.17, 15) is 13.6 Å². The lowest BCUT2D eigenvalue weighted by Gasteiger charge is -2.26. The summed E-state index contributed by atoms with van der Waals surface area (Å²) in [4.78, 5) is 14.5. The van der Waals surface area contributed by atoms with Gasteiger partial charge in [0.1, 0.15) is 24.0 Å². The molecule has 3 aromatic carbocycles. The van der Waals surface area contributed by atoms with E-state index < -0.39 is 5.82 Å². The van der Waals surface area contributed by atoms with Crippen molar-refractivity contribution in [3.05, 3.63) is 89.5 Å². The maximum Gasteiger partial charge on any atom is 0.165 e. The Morgan fingerprint density at radius 3 is 2.44 bits per heavy atom. The first-order valence-corrected chi connectivity index (χ1v) is 11.7. The number of ether oxygens (including phenoxy) is 2. The Hall–Kier alpha value is -3.09. The Balaban J connectivity index is 1.27. The third-order valence-electron chi connectivity index (χ3n) is 6.03. The van der Waals surface area contributed by atoms with Crippen LogP contribution in [0.3, 0.4) is 0 Å². The van der Waals surface area contributed by atoms with Crippen molar-refractivity contribution in [1.29, 1.82) is 0 Å². The molecule has 0 aliphatic carbocycles. The summed E-state index contributed by atoms with van der Waals surface area (Å²) in [6.45, 7) is 4.58. The lowest BCUT2D eigenvalue weighted by molar-refractivity contribution is 0.0322. The normalized spacial score (nSPS) is 14.2. The van der Waals surface area contributed by atoms with Gasteiger partial charge in [-0.15, -0.1) is 0 Å². The van der Waals surface area contributed by atoms with Crippen molar-refractivity contribution in [3.63, 3.8) is 0 Å². The predicted octanol–water partition coefficient (Wildman–Crippen LogP) is 5.55. The Bertz CT molecular complexity index is 1100. The highest BCUT2D eigenvalue weighted by Crippen LogP contribution is 2.27. The van der Waals surface area contributed by atoms with Crippen LogP contribution in [0.4, 0.5) is 8.78 Å². The van der Waals surface area contributed by atoms with Gasteiger partial charge < -0.3 is 9.47 Å². The highest BCUT2D eigenvalue weighted by molar-refractivity contribution is 5.96. The summed E-state index contributed by atoms with van der Waals surface area (Å²) in [5.74, 6) is -0.478.